The molecule has 118 valence electrons. The number of carbonyl (C=O) groups is 1. The summed E-state index contributed by atoms with van der Waals surface area (Å²) >= 11 is 0. The molecule has 0 atom stereocenters. The second kappa shape index (κ2) is 8.19. The summed E-state index contributed by atoms with van der Waals surface area (Å²) in [7, 11) is 4.09. The minimum absolute atomic E-state index is 0.166. The molecule has 2 N–H and O–H groups in total. The van der Waals surface area contributed by atoms with Crippen molar-refractivity contribution < 1.29 is 9.21 Å². The fourth-order valence-electron chi connectivity index (χ4n) is 1.97. The van der Waals surface area contributed by atoms with Crippen molar-refractivity contribution in [3.05, 3.63) is 48.2 Å². The standard InChI is InChI=1S/C16H22N4O2/c1-20(2)7-4-6-18-14-9-13(10-17-11-14)16(21)19-12-15-5-3-8-22-15/h3,5,8-11,18H,4,6-7,12H2,1-2H3,(H,19,21). The maximum Gasteiger partial charge on any atom is 0.253 e. The van der Waals surface area contributed by atoms with E-state index >= 15 is 0 Å². The lowest BCUT2D eigenvalue weighted by molar-refractivity contribution is 0.0947. The molecule has 0 bridgehead atoms. The van der Waals surface area contributed by atoms with E-state index in [4.69, 9.17) is 4.42 Å². The molecule has 0 saturated carbocycles. The minimum atomic E-state index is -0.166. The Morgan fingerprint density at radius 1 is 1.36 bits per heavy atom. The van der Waals surface area contributed by atoms with Gasteiger partial charge in [0.1, 0.15) is 5.76 Å². The topological polar surface area (TPSA) is 70.4 Å². The molecule has 0 radical (unpaired) electrons. The van der Waals surface area contributed by atoms with Crippen molar-refractivity contribution in [2.75, 3.05) is 32.5 Å². The summed E-state index contributed by atoms with van der Waals surface area (Å²) in [5.41, 5.74) is 1.38. The number of furan rings is 1. The van der Waals surface area contributed by atoms with Crippen molar-refractivity contribution in [3.63, 3.8) is 0 Å². The third kappa shape index (κ3) is 5.21. The van der Waals surface area contributed by atoms with Crippen molar-refractivity contribution in [3.8, 4) is 0 Å². The zero-order valence-corrected chi connectivity index (χ0v) is 13.0. The first-order valence-electron chi connectivity index (χ1n) is 7.29. The Morgan fingerprint density at radius 2 is 2.23 bits per heavy atom. The molecule has 0 spiro atoms. The summed E-state index contributed by atoms with van der Waals surface area (Å²) in [6.45, 7) is 2.23. The predicted octanol–water partition coefficient (Wildman–Crippen LogP) is 1.97. The lowest BCUT2D eigenvalue weighted by Gasteiger charge is -2.11. The van der Waals surface area contributed by atoms with E-state index in [1.54, 1.807) is 30.8 Å². The van der Waals surface area contributed by atoms with Gasteiger partial charge in [-0.05, 0) is 45.3 Å². The Labute approximate surface area is 130 Å². The highest BCUT2D eigenvalue weighted by Gasteiger charge is 2.07. The largest absolute Gasteiger partial charge is 0.467 e. The summed E-state index contributed by atoms with van der Waals surface area (Å²) in [6.07, 6.45) is 5.89. The molecule has 2 rings (SSSR count). The summed E-state index contributed by atoms with van der Waals surface area (Å²) in [4.78, 5) is 18.3. The van der Waals surface area contributed by atoms with Crippen LogP contribution >= 0.6 is 0 Å². The van der Waals surface area contributed by atoms with Crippen LogP contribution in [0.1, 0.15) is 22.5 Å². The van der Waals surface area contributed by atoms with E-state index in [0.717, 1.165) is 31.0 Å². The second-order valence-electron chi connectivity index (χ2n) is 5.31. The van der Waals surface area contributed by atoms with Crippen LogP contribution < -0.4 is 10.6 Å². The zero-order chi connectivity index (χ0) is 15.8. The van der Waals surface area contributed by atoms with Crippen LogP contribution in [0.4, 0.5) is 5.69 Å². The predicted molar refractivity (Wildman–Crippen MR) is 85.8 cm³/mol. The Morgan fingerprint density at radius 3 is 2.95 bits per heavy atom. The molecule has 6 nitrogen and oxygen atoms in total. The normalized spacial score (nSPS) is 10.7. The molecule has 6 heteroatoms. The number of carbonyl (C=O) groups excluding carboxylic acids is 1. The van der Waals surface area contributed by atoms with E-state index in [1.807, 2.05) is 20.2 Å². The summed E-state index contributed by atoms with van der Waals surface area (Å²) in [5.74, 6) is 0.556. The van der Waals surface area contributed by atoms with E-state index in [1.165, 1.54) is 0 Å². The maximum absolute atomic E-state index is 12.1. The van der Waals surface area contributed by atoms with Crippen molar-refractivity contribution in [1.29, 1.82) is 0 Å². The quantitative estimate of drug-likeness (QED) is 0.730. The second-order valence-corrected chi connectivity index (χ2v) is 5.31. The number of anilines is 1. The van der Waals surface area contributed by atoms with Gasteiger partial charge in [0.25, 0.3) is 5.91 Å². The van der Waals surface area contributed by atoms with Gasteiger partial charge < -0.3 is 20.0 Å². The molecular weight excluding hydrogens is 280 g/mol. The van der Waals surface area contributed by atoms with Gasteiger partial charge in [-0.25, -0.2) is 0 Å². The lowest BCUT2D eigenvalue weighted by Crippen LogP contribution is -2.23. The van der Waals surface area contributed by atoms with E-state index in [9.17, 15) is 4.79 Å². The maximum atomic E-state index is 12.1. The van der Waals surface area contributed by atoms with Crippen LogP contribution in [0.25, 0.3) is 0 Å². The minimum Gasteiger partial charge on any atom is -0.467 e. The number of hydrogen-bond donors (Lipinski definition) is 2. The number of nitrogens with one attached hydrogen (secondary N) is 2. The Balaban J connectivity index is 1.83. The van der Waals surface area contributed by atoms with Gasteiger partial charge in [0.15, 0.2) is 0 Å². The van der Waals surface area contributed by atoms with Crippen molar-refractivity contribution in [2.24, 2.45) is 0 Å². The van der Waals surface area contributed by atoms with Crippen LogP contribution in [0.15, 0.2) is 41.3 Å². The molecule has 22 heavy (non-hydrogen) atoms. The van der Waals surface area contributed by atoms with Gasteiger partial charge >= 0.3 is 0 Å². The fourth-order valence-corrected chi connectivity index (χ4v) is 1.97. The van der Waals surface area contributed by atoms with Crippen LogP contribution in [0.2, 0.25) is 0 Å². The number of nitrogens with zero attached hydrogens (tertiary/aromatic N) is 2. The van der Waals surface area contributed by atoms with Gasteiger partial charge in [0, 0.05) is 18.9 Å². The van der Waals surface area contributed by atoms with Gasteiger partial charge in [-0.15, -0.1) is 0 Å². The van der Waals surface area contributed by atoms with Crippen LogP contribution in [0.3, 0.4) is 0 Å². The first kappa shape index (κ1) is 16.0. The van der Waals surface area contributed by atoms with E-state index < -0.39 is 0 Å². The molecule has 0 aliphatic heterocycles. The highest BCUT2D eigenvalue weighted by Crippen LogP contribution is 2.09. The summed E-state index contributed by atoms with van der Waals surface area (Å²) in [6, 6.07) is 5.42. The first-order valence-corrected chi connectivity index (χ1v) is 7.29. The van der Waals surface area contributed by atoms with Crippen molar-refractivity contribution in [1.82, 2.24) is 15.2 Å². The average Bonchev–Trinajstić information content (AvgIpc) is 3.03. The molecule has 0 aliphatic rings. The molecule has 0 unspecified atom stereocenters. The number of rotatable bonds is 8. The van der Waals surface area contributed by atoms with E-state index in [2.05, 4.69) is 20.5 Å². The van der Waals surface area contributed by atoms with Crippen molar-refractivity contribution >= 4 is 11.6 Å². The van der Waals surface area contributed by atoms with Gasteiger partial charge in [0.05, 0.1) is 24.1 Å². The molecule has 0 aliphatic carbocycles. The van der Waals surface area contributed by atoms with E-state index in [-0.39, 0.29) is 5.91 Å². The Kier molecular flexibility index (Phi) is 5.97. The van der Waals surface area contributed by atoms with Gasteiger partial charge in [-0.1, -0.05) is 0 Å². The molecular formula is C16H22N4O2. The third-order valence-corrected chi connectivity index (χ3v) is 3.11. The van der Waals surface area contributed by atoms with Gasteiger partial charge in [-0.2, -0.15) is 0 Å². The molecule has 1 amide bonds. The molecule has 2 heterocycles. The van der Waals surface area contributed by atoms with Gasteiger partial charge in [-0.3, -0.25) is 9.78 Å². The molecule has 0 fully saturated rings. The average molecular weight is 302 g/mol. The van der Waals surface area contributed by atoms with Crippen LogP contribution in [0.5, 0.6) is 0 Å². The highest BCUT2D eigenvalue weighted by molar-refractivity contribution is 5.94. The molecule has 2 aromatic heterocycles. The Hall–Kier alpha value is -2.34. The summed E-state index contributed by atoms with van der Waals surface area (Å²) in [5, 5.41) is 6.08. The first-order chi connectivity index (χ1) is 10.6. The van der Waals surface area contributed by atoms with Crippen LogP contribution in [-0.2, 0) is 6.54 Å². The smallest absolute Gasteiger partial charge is 0.253 e. The highest BCUT2D eigenvalue weighted by atomic mass is 16.3. The molecule has 2 aromatic rings. The Bertz CT molecular complexity index is 582. The number of aromatic nitrogens is 1. The summed E-state index contributed by atoms with van der Waals surface area (Å²) < 4.78 is 5.18. The number of pyridine rings is 1. The van der Waals surface area contributed by atoms with E-state index in [0.29, 0.717) is 12.1 Å². The SMILES string of the molecule is CN(C)CCCNc1cncc(C(=O)NCc2ccco2)c1. The fraction of sp³-hybridized carbons (Fsp3) is 0.375. The lowest BCUT2D eigenvalue weighted by atomic mass is 10.2. The van der Waals surface area contributed by atoms with Crippen molar-refractivity contribution in [2.45, 2.75) is 13.0 Å². The number of amides is 1. The third-order valence-electron chi connectivity index (χ3n) is 3.11. The monoisotopic (exact) mass is 302 g/mol. The van der Waals surface area contributed by atoms with Gasteiger partial charge in [0.2, 0.25) is 0 Å². The molecule has 0 saturated heterocycles. The number of hydrogen-bond acceptors (Lipinski definition) is 5. The zero-order valence-electron chi connectivity index (χ0n) is 13.0. The van der Waals surface area contributed by atoms with Crippen LogP contribution in [-0.4, -0.2) is 43.0 Å². The van der Waals surface area contributed by atoms with Crippen LogP contribution in [0, 0.1) is 0 Å². The molecule has 0 aromatic carbocycles.